The number of nitrogens with one attached hydrogen (secondary N) is 1. The van der Waals surface area contributed by atoms with Gasteiger partial charge in [0.15, 0.2) is 0 Å². The molecular formula is C13H9BrClFIN. The summed E-state index contributed by atoms with van der Waals surface area (Å²) in [5.41, 5.74) is 1.40. The molecule has 0 spiro atoms. The molecule has 2 aromatic rings. The minimum Gasteiger partial charge on any atom is -0.380 e. The lowest BCUT2D eigenvalue weighted by Crippen LogP contribution is -2.02. The number of benzene rings is 2. The van der Waals surface area contributed by atoms with E-state index in [1.165, 1.54) is 6.07 Å². The van der Waals surface area contributed by atoms with Crippen LogP contribution in [0, 0.1) is 9.39 Å². The third kappa shape index (κ3) is 3.59. The Morgan fingerprint density at radius 2 is 2.00 bits per heavy atom. The largest absolute Gasteiger partial charge is 0.380 e. The second-order valence-corrected chi connectivity index (χ2v) is 6.28. The van der Waals surface area contributed by atoms with Crippen molar-refractivity contribution >= 4 is 55.8 Å². The van der Waals surface area contributed by atoms with Crippen LogP contribution in [-0.2, 0) is 6.54 Å². The van der Waals surface area contributed by atoms with E-state index in [-0.39, 0.29) is 5.82 Å². The molecule has 0 aromatic heterocycles. The number of hydrogen-bond acceptors (Lipinski definition) is 1. The smallest absolute Gasteiger partial charge is 0.128 e. The van der Waals surface area contributed by atoms with Gasteiger partial charge >= 0.3 is 0 Å². The van der Waals surface area contributed by atoms with Crippen LogP contribution in [0.1, 0.15) is 5.56 Å². The van der Waals surface area contributed by atoms with Gasteiger partial charge in [-0.3, -0.25) is 0 Å². The molecular weight excluding hydrogens is 431 g/mol. The standard InChI is InChI=1S/C13H9BrClFIN/c14-9-1-3-12(16)8(5-9)7-18-13-4-2-10(17)6-11(13)15/h1-6,18H,7H2. The van der Waals surface area contributed by atoms with Gasteiger partial charge in [-0.15, -0.1) is 0 Å². The average molecular weight is 440 g/mol. The van der Waals surface area contributed by atoms with Crippen molar-refractivity contribution in [2.75, 3.05) is 5.32 Å². The minimum atomic E-state index is -0.229. The molecule has 94 valence electrons. The first kappa shape index (κ1) is 14.1. The van der Waals surface area contributed by atoms with E-state index >= 15 is 0 Å². The molecule has 1 nitrogen and oxygen atoms in total. The van der Waals surface area contributed by atoms with Gasteiger partial charge in [-0.2, -0.15) is 0 Å². The molecule has 0 bridgehead atoms. The molecule has 0 unspecified atom stereocenters. The van der Waals surface area contributed by atoms with Crippen LogP contribution in [-0.4, -0.2) is 0 Å². The van der Waals surface area contributed by atoms with Crippen molar-refractivity contribution in [3.8, 4) is 0 Å². The molecule has 0 saturated heterocycles. The Morgan fingerprint density at radius 3 is 2.72 bits per heavy atom. The van der Waals surface area contributed by atoms with Crippen LogP contribution in [0.15, 0.2) is 40.9 Å². The first-order chi connectivity index (χ1) is 8.56. The van der Waals surface area contributed by atoms with Crippen LogP contribution in [0.4, 0.5) is 10.1 Å². The zero-order chi connectivity index (χ0) is 13.1. The van der Waals surface area contributed by atoms with Gasteiger partial charge in [0, 0.05) is 20.2 Å². The van der Waals surface area contributed by atoms with Crippen LogP contribution in [0.5, 0.6) is 0 Å². The molecule has 1 N–H and O–H groups in total. The van der Waals surface area contributed by atoms with Gasteiger partial charge in [0.2, 0.25) is 0 Å². The van der Waals surface area contributed by atoms with E-state index in [0.717, 1.165) is 13.7 Å². The van der Waals surface area contributed by atoms with E-state index in [1.807, 2.05) is 18.2 Å². The molecule has 0 aliphatic carbocycles. The molecule has 0 heterocycles. The van der Waals surface area contributed by atoms with Gasteiger partial charge in [-0.25, -0.2) is 4.39 Å². The Hall–Kier alpha value is -0.330. The van der Waals surface area contributed by atoms with Crippen molar-refractivity contribution in [1.82, 2.24) is 0 Å². The zero-order valence-corrected chi connectivity index (χ0v) is 13.7. The van der Waals surface area contributed by atoms with Crippen LogP contribution in [0.25, 0.3) is 0 Å². The van der Waals surface area contributed by atoms with Gasteiger partial charge in [0.05, 0.1) is 10.7 Å². The number of anilines is 1. The van der Waals surface area contributed by atoms with Crippen LogP contribution in [0.3, 0.4) is 0 Å². The SMILES string of the molecule is Fc1ccc(Br)cc1CNc1ccc(I)cc1Cl. The molecule has 0 saturated carbocycles. The van der Waals surface area contributed by atoms with Crippen molar-refractivity contribution < 1.29 is 4.39 Å². The van der Waals surface area contributed by atoms with E-state index < -0.39 is 0 Å². The zero-order valence-electron chi connectivity index (χ0n) is 9.18. The maximum Gasteiger partial charge on any atom is 0.128 e. The number of hydrogen-bond donors (Lipinski definition) is 1. The Bertz CT molecular complexity index is 577. The van der Waals surface area contributed by atoms with Crippen LogP contribution >= 0.6 is 50.1 Å². The average Bonchev–Trinajstić information content (AvgIpc) is 2.32. The summed E-state index contributed by atoms with van der Waals surface area (Å²) in [5, 5.41) is 3.76. The number of rotatable bonds is 3. The van der Waals surface area contributed by atoms with E-state index in [1.54, 1.807) is 12.1 Å². The van der Waals surface area contributed by atoms with Crippen molar-refractivity contribution in [3.05, 3.63) is 60.8 Å². The minimum absolute atomic E-state index is 0.229. The molecule has 0 fully saturated rings. The van der Waals surface area contributed by atoms with E-state index in [9.17, 15) is 4.39 Å². The summed E-state index contributed by atoms with van der Waals surface area (Å²) in [7, 11) is 0. The molecule has 0 radical (unpaired) electrons. The van der Waals surface area contributed by atoms with Crippen molar-refractivity contribution in [1.29, 1.82) is 0 Å². The van der Waals surface area contributed by atoms with E-state index in [2.05, 4.69) is 43.8 Å². The summed E-state index contributed by atoms with van der Waals surface area (Å²) in [5.74, 6) is -0.229. The second-order valence-electron chi connectivity index (χ2n) is 3.71. The fraction of sp³-hybridized carbons (Fsp3) is 0.0769. The van der Waals surface area contributed by atoms with Crippen LogP contribution in [0.2, 0.25) is 5.02 Å². The quantitative estimate of drug-likeness (QED) is 0.625. The number of halogens is 4. The van der Waals surface area contributed by atoms with Crippen molar-refractivity contribution in [3.63, 3.8) is 0 Å². The van der Waals surface area contributed by atoms with Crippen molar-refractivity contribution in [2.24, 2.45) is 0 Å². The topological polar surface area (TPSA) is 12.0 Å². The summed E-state index contributed by atoms with van der Waals surface area (Å²) in [6, 6.07) is 10.6. The first-order valence-corrected chi connectivity index (χ1v) is 7.44. The molecule has 0 aliphatic heterocycles. The third-order valence-electron chi connectivity index (χ3n) is 2.41. The Morgan fingerprint density at radius 1 is 1.22 bits per heavy atom. The Kier molecular flexibility index (Phi) is 4.86. The summed E-state index contributed by atoms with van der Waals surface area (Å²) in [4.78, 5) is 0. The van der Waals surface area contributed by atoms with E-state index in [0.29, 0.717) is 17.1 Å². The predicted molar refractivity (Wildman–Crippen MR) is 85.6 cm³/mol. The highest BCUT2D eigenvalue weighted by Gasteiger charge is 2.05. The molecule has 2 rings (SSSR count). The highest BCUT2D eigenvalue weighted by Crippen LogP contribution is 2.25. The lowest BCUT2D eigenvalue weighted by atomic mass is 10.2. The highest BCUT2D eigenvalue weighted by molar-refractivity contribution is 14.1. The van der Waals surface area contributed by atoms with Gasteiger partial charge < -0.3 is 5.32 Å². The monoisotopic (exact) mass is 439 g/mol. The van der Waals surface area contributed by atoms with Crippen molar-refractivity contribution in [2.45, 2.75) is 6.54 Å². The van der Waals surface area contributed by atoms with Gasteiger partial charge in [-0.05, 0) is 59.0 Å². The highest BCUT2D eigenvalue weighted by atomic mass is 127. The van der Waals surface area contributed by atoms with Crippen LogP contribution < -0.4 is 5.32 Å². The van der Waals surface area contributed by atoms with Gasteiger partial charge in [0.25, 0.3) is 0 Å². The summed E-state index contributed by atoms with van der Waals surface area (Å²) >= 11 is 11.6. The maximum absolute atomic E-state index is 13.5. The molecule has 18 heavy (non-hydrogen) atoms. The molecule has 0 aliphatic rings. The molecule has 2 aromatic carbocycles. The Balaban J connectivity index is 2.13. The molecule has 5 heteroatoms. The van der Waals surface area contributed by atoms with Gasteiger partial charge in [-0.1, -0.05) is 27.5 Å². The van der Waals surface area contributed by atoms with Gasteiger partial charge in [0.1, 0.15) is 5.82 Å². The fourth-order valence-electron chi connectivity index (χ4n) is 1.50. The summed E-state index contributed by atoms with van der Waals surface area (Å²) in [6.45, 7) is 0.394. The fourth-order valence-corrected chi connectivity index (χ4v) is 2.83. The van der Waals surface area contributed by atoms with E-state index in [4.69, 9.17) is 11.6 Å². The molecule has 0 amide bonds. The lowest BCUT2D eigenvalue weighted by molar-refractivity contribution is 0.612. The normalized spacial score (nSPS) is 10.4. The summed E-state index contributed by atoms with van der Waals surface area (Å²) < 4.78 is 15.5. The summed E-state index contributed by atoms with van der Waals surface area (Å²) in [6.07, 6.45) is 0. The third-order valence-corrected chi connectivity index (χ3v) is 3.89. The Labute approximate surface area is 132 Å². The lowest BCUT2D eigenvalue weighted by Gasteiger charge is -2.09. The predicted octanol–water partition coefficient (Wildman–Crippen LogP) is 5.46. The maximum atomic E-state index is 13.5. The molecule has 0 atom stereocenters. The first-order valence-electron chi connectivity index (χ1n) is 5.19. The second kappa shape index (κ2) is 6.21.